The van der Waals surface area contributed by atoms with Gasteiger partial charge >= 0.3 is 0 Å². The Hall–Kier alpha value is -1.27. The minimum Gasteiger partial charge on any atom is -0.491 e. The van der Waals surface area contributed by atoms with Crippen molar-refractivity contribution >= 4 is 23.2 Å². The van der Waals surface area contributed by atoms with Crippen LogP contribution in [0.15, 0.2) is 30.5 Å². The predicted molar refractivity (Wildman–Crippen MR) is 84.5 cm³/mol. The maximum absolute atomic E-state index is 6.21. The highest BCUT2D eigenvalue weighted by atomic mass is 35.5. The van der Waals surface area contributed by atoms with Crippen LogP contribution in [0, 0.1) is 0 Å². The first-order valence-electron chi connectivity index (χ1n) is 6.71. The third kappa shape index (κ3) is 4.11. The van der Waals surface area contributed by atoms with E-state index in [4.69, 9.17) is 33.8 Å². The fraction of sp³-hybridized carbons (Fsp3) is 0.357. The molecular weight excluding hydrogens is 311 g/mol. The van der Waals surface area contributed by atoms with E-state index in [1.807, 2.05) is 16.8 Å². The van der Waals surface area contributed by atoms with E-state index < -0.39 is 0 Å². The number of hydrogen-bond donors (Lipinski definition) is 2. The Morgan fingerprint density at radius 2 is 2.24 bits per heavy atom. The fourth-order valence-electron chi connectivity index (χ4n) is 2.05. The summed E-state index contributed by atoms with van der Waals surface area (Å²) in [5, 5.41) is 5.45. The van der Waals surface area contributed by atoms with E-state index in [0.717, 1.165) is 18.7 Å². The number of aromatic nitrogens is 2. The molecule has 5 nitrogen and oxygen atoms in total. The van der Waals surface area contributed by atoms with Crippen molar-refractivity contribution in [3.05, 3.63) is 46.2 Å². The number of aryl methyl sites for hydroxylation is 1. The van der Waals surface area contributed by atoms with E-state index in [1.54, 1.807) is 18.3 Å². The van der Waals surface area contributed by atoms with Crippen molar-refractivity contribution in [2.75, 3.05) is 6.61 Å². The van der Waals surface area contributed by atoms with Crippen LogP contribution in [-0.2, 0) is 6.54 Å². The van der Waals surface area contributed by atoms with Gasteiger partial charge in [0, 0.05) is 11.6 Å². The van der Waals surface area contributed by atoms with Crippen molar-refractivity contribution in [2.45, 2.75) is 25.9 Å². The molecule has 0 saturated carbocycles. The topological polar surface area (TPSA) is 65.1 Å². The van der Waals surface area contributed by atoms with Gasteiger partial charge in [-0.3, -0.25) is 10.5 Å². The highest BCUT2D eigenvalue weighted by Gasteiger charge is 2.20. The number of ether oxygens (including phenoxy) is 1. The van der Waals surface area contributed by atoms with Gasteiger partial charge in [-0.1, -0.05) is 36.2 Å². The van der Waals surface area contributed by atoms with Crippen LogP contribution in [0.1, 0.15) is 25.1 Å². The average Bonchev–Trinajstić information content (AvgIpc) is 2.82. The molecule has 0 saturated heterocycles. The molecule has 1 unspecified atom stereocenters. The van der Waals surface area contributed by atoms with Crippen molar-refractivity contribution in [2.24, 2.45) is 5.84 Å². The number of benzene rings is 1. The zero-order valence-corrected chi connectivity index (χ0v) is 13.2. The van der Waals surface area contributed by atoms with Crippen molar-refractivity contribution in [1.82, 2.24) is 15.2 Å². The molecule has 3 N–H and O–H groups in total. The second-order valence-corrected chi connectivity index (χ2v) is 5.43. The zero-order valence-electron chi connectivity index (χ0n) is 11.7. The Labute approximate surface area is 134 Å². The summed E-state index contributed by atoms with van der Waals surface area (Å²) in [5.41, 5.74) is 3.55. The van der Waals surface area contributed by atoms with Crippen LogP contribution in [0.4, 0.5) is 0 Å². The van der Waals surface area contributed by atoms with Gasteiger partial charge in [0.1, 0.15) is 12.4 Å². The molecule has 1 atom stereocenters. The van der Waals surface area contributed by atoms with Gasteiger partial charge in [-0.15, -0.1) is 0 Å². The monoisotopic (exact) mass is 328 g/mol. The fourth-order valence-corrected chi connectivity index (χ4v) is 2.50. The molecule has 7 heteroatoms. The lowest BCUT2D eigenvalue weighted by Gasteiger charge is -2.19. The van der Waals surface area contributed by atoms with Crippen LogP contribution in [0.3, 0.4) is 0 Å². The number of hydrazine groups is 1. The molecule has 0 spiro atoms. The number of nitrogens with zero attached hydrogens (tertiary/aromatic N) is 2. The molecule has 0 radical (unpaired) electrons. The van der Waals surface area contributed by atoms with Crippen LogP contribution in [0.25, 0.3) is 0 Å². The van der Waals surface area contributed by atoms with Crippen LogP contribution in [0.2, 0.25) is 10.0 Å². The molecule has 21 heavy (non-hydrogen) atoms. The van der Waals surface area contributed by atoms with Gasteiger partial charge in [0.25, 0.3) is 0 Å². The Bertz CT molecular complexity index is 588. The summed E-state index contributed by atoms with van der Waals surface area (Å²) in [5.74, 6) is 6.32. The molecule has 0 aliphatic heterocycles. The predicted octanol–water partition coefficient (Wildman–Crippen LogP) is 3.18. The SMILES string of the molecule is CCCn1ncc(Cl)c1C(COc1cccc(Cl)c1)NN. The largest absolute Gasteiger partial charge is 0.491 e. The number of hydrogen-bond acceptors (Lipinski definition) is 4. The molecule has 0 aliphatic rings. The Morgan fingerprint density at radius 3 is 2.90 bits per heavy atom. The highest BCUT2D eigenvalue weighted by Crippen LogP contribution is 2.24. The third-order valence-corrected chi connectivity index (χ3v) is 3.54. The van der Waals surface area contributed by atoms with Crippen LogP contribution in [-0.4, -0.2) is 16.4 Å². The van der Waals surface area contributed by atoms with Gasteiger partial charge in [0.05, 0.1) is 23.0 Å². The first-order chi connectivity index (χ1) is 10.2. The third-order valence-electron chi connectivity index (χ3n) is 3.01. The lowest BCUT2D eigenvalue weighted by Crippen LogP contribution is -2.34. The molecule has 0 amide bonds. The summed E-state index contributed by atoms with van der Waals surface area (Å²) in [7, 11) is 0. The second kappa shape index (κ2) is 7.66. The summed E-state index contributed by atoms with van der Waals surface area (Å²) in [4.78, 5) is 0. The zero-order chi connectivity index (χ0) is 15.2. The molecular formula is C14H18Cl2N4O. The highest BCUT2D eigenvalue weighted by molar-refractivity contribution is 6.31. The summed E-state index contributed by atoms with van der Waals surface area (Å²) in [6.45, 7) is 3.18. The van der Waals surface area contributed by atoms with Crippen molar-refractivity contribution in [3.8, 4) is 5.75 Å². The van der Waals surface area contributed by atoms with E-state index in [0.29, 0.717) is 22.4 Å². The van der Waals surface area contributed by atoms with Gasteiger partial charge in [0.2, 0.25) is 0 Å². The summed E-state index contributed by atoms with van der Waals surface area (Å²) >= 11 is 12.1. The minimum absolute atomic E-state index is 0.259. The Morgan fingerprint density at radius 1 is 1.43 bits per heavy atom. The number of halogens is 2. The van der Waals surface area contributed by atoms with Crippen molar-refractivity contribution < 1.29 is 4.74 Å². The molecule has 1 aromatic carbocycles. The van der Waals surface area contributed by atoms with Gasteiger partial charge < -0.3 is 4.74 Å². The summed E-state index contributed by atoms with van der Waals surface area (Å²) in [6.07, 6.45) is 2.58. The Kier molecular flexibility index (Phi) is 5.87. The normalized spacial score (nSPS) is 12.4. The standard InChI is InChI=1S/C14H18Cl2N4O/c1-2-6-20-14(12(16)8-18-20)13(19-17)9-21-11-5-3-4-10(15)7-11/h3-5,7-8,13,19H,2,6,9,17H2,1H3. The van der Waals surface area contributed by atoms with Crippen LogP contribution in [0.5, 0.6) is 5.75 Å². The van der Waals surface area contributed by atoms with E-state index in [9.17, 15) is 0 Å². The lowest BCUT2D eigenvalue weighted by atomic mass is 10.2. The lowest BCUT2D eigenvalue weighted by molar-refractivity contribution is 0.259. The molecule has 0 bridgehead atoms. The molecule has 1 heterocycles. The first-order valence-corrected chi connectivity index (χ1v) is 7.47. The first kappa shape index (κ1) is 16.1. The molecule has 2 aromatic rings. The van der Waals surface area contributed by atoms with Crippen molar-refractivity contribution in [3.63, 3.8) is 0 Å². The number of rotatable bonds is 7. The Balaban J connectivity index is 2.11. The van der Waals surface area contributed by atoms with E-state index in [1.165, 1.54) is 0 Å². The average molecular weight is 329 g/mol. The summed E-state index contributed by atoms with van der Waals surface area (Å²) < 4.78 is 7.57. The molecule has 0 aliphatic carbocycles. The molecule has 2 rings (SSSR count). The number of nitrogens with two attached hydrogens (primary N) is 1. The maximum atomic E-state index is 6.21. The van der Waals surface area contributed by atoms with Gasteiger partial charge in [-0.05, 0) is 24.6 Å². The smallest absolute Gasteiger partial charge is 0.120 e. The van der Waals surface area contributed by atoms with E-state index >= 15 is 0 Å². The van der Waals surface area contributed by atoms with E-state index in [2.05, 4.69) is 17.4 Å². The quantitative estimate of drug-likeness (QED) is 0.605. The van der Waals surface area contributed by atoms with Crippen LogP contribution >= 0.6 is 23.2 Å². The molecule has 114 valence electrons. The second-order valence-electron chi connectivity index (χ2n) is 4.59. The molecule has 1 aromatic heterocycles. The van der Waals surface area contributed by atoms with Crippen molar-refractivity contribution in [1.29, 1.82) is 0 Å². The van der Waals surface area contributed by atoms with Crippen LogP contribution < -0.4 is 16.0 Å². The van der Waals surface area contributed by atoms with Gasteiger partial charge in [-0.2, -0.15) is 5.10 Å². The number of nitrogens with one attached hydrogen (secondary N) is 1. The summed E-state index contributed by atoms with van der Waals surface area (Å²) in [6, 6.07) is 6.95. The van der Waals surface area contributed by atoms with Gasteiger partial charge in [0.15, 0.2) is 0 Å². The maximum Gasteiger partial charge on any atom is 0.120 e. The van der Waals surface area contributed by atoms with E-state index in [-0.39, 0.29) is 6.04 Å². The van der Waals surface area contributed by atoms with Gasteiger partial charge in [-0.25, -0.2) is 5.43 Å². The molecule has 0 fully saturated rings. The minimum atomic E-state index is -0.259.